The largest absolute Gasteiger partial charge is 0.148 e. The summed E-state index contributed by atoms with van der Waals surface area (Å²) < 4.78 is 0. The van der Waals surface area contributed by atoms with Gasteiger partial charge in [-0.1, -0.05) is 39.5 Å². The Morgan fingerprint density at radius 3 is 2.53 bits per heavy atom. The molecule has 0 aliphatic heterocycles. The van der Waals surface area contributed by atoms with Crippen LogP contribution in [0.4, 0.5) is 0 Å². The zero-order valence-electron chi connectivity index (χ0n) is 10.4. The molecule has 0 aromatic carbocycles. The van der Waals surface area contributed by atoms with Gasteiger partial charge in [0.2, 0.25) is 0 Å². The van der Waals surface area contributed by atoms with Gasteiger partial charge in [-0.05, 0) is 42.7 Å². The second-order valence-electron chi connectivity index (χ2n) is 4.48. The summed E-state index contributed by atoms with van der Waals surface area (Å²) in [5, 5.41) is 2.28. The maximum atomic E-state index is 2.37. The lowest BCUT2D eigenvalue weighted by atomic mass is 9.96. The van der Waals surface area contributed by atoms with Gasteiger partial charge in [0, 0.05) is 4.88 Å². The van der Waals surface area contributed by atoms with Crippen molar-refractivity contribution in [3.63, 3.8) is 0 Å². The zero-order chi connectivity index (χ0) is 11.1. The highest BCUT2D eigenvalue weighted by Gasteiger charge is 2.10. The second kappa shape index (κ2) is 7.05. The Labute approximate surface area is 98.7 Å². The average Bonchev–Trinajstić information content (AvgIpc) is 2.65. The molecule has 86 valence electrons. The van der Waals surface area contributed by atoms with Crippen molar-refractivity contribution in [1.29, 1.82) is 0 Å². The van der Waals surface area contributed by atoms with E-state index < -0.39 is 0 Å². The van der Waals surface area contributed by atoms with E-state index in [2.05, 4.69) is 32.2 Å². The lowest BCUT2D eigenvalue weighted by Crippen LogP contribution is -1.94. The first-order valence-corrected chi connectivity index (χ1v) is 7.20. The van der Waals surface area contributed by atoms with Crippen molar-refractivity contribution in [2.75, 3.05) is 0 Å². The van der Waals surface area contributed by atoms with E-state index in [0.717, 1.165) is 5.92 Å². The summed E-state index contributed by atoms with van der Waals surface area (Å²) in [4.78, 5) is 1.60. The molecular formula is C14H24S. The van der Waals surface area contributed by atoms with Gasteiger partial charge in [-0.3, -0.25) is 0 Å². The van der Waals surface area contributed by atoms with Gasteiger partial charge in [-0.15, -0.1) is 11.3 Å². The highest BCUT2D eigenvalue weighted by Crippen LogP contribution is 2.30. The molecule has 0 aliphatic rings. The molecule has 0 radical (unpaired) electrons. The molecular weight excluding hydrogens is 200 g/mol. The van der Waals surface area contributed by atoms with Crippen LogP contribution in [0.5, 0.6) is 0 Å². The van der Waals surface area contributed by atoms with Crippen LogP contribution in [-0.4, -0.2) is 0 Å². The number of aryl methyl sites for hydroxylation is 1. The van der Waals surface area contributed by atoms with Crippen LogP contribution in [0.25, 0.3) is 0 Å². The van der Waals surface area contributed by atoms with Crippen LogP contribution in [0.15, 0.2) is 11.4 Å². The summed E-state index contributed by atoms with van der Waals surface area (Å²) in [6.07, 6.45) is 8.25. The fourth-order valence-corrected chi connectivity index (χ4v) is 3.15. The Bertz CT molecular complexity index is 262. The summed E-state index contributed by atoms with van der Waals surface area (Å²) in [6, 6.07) is 2.37. The van der Waals surface area contributed by atoms with Crippen LogP contribution >= 0.6 is 11.3 Å². The molecule has 0 saturated carbocycles. The number of hydrogen-bond acceptors (Lipinski definition) is 1. The van der Waals surface area contributed by atoms with Crippen molar-refractivity contribution in [2.24, 2.45) is 0 Å². The lowest BCUT2D eigenvalue weighted by Gasteiger charge is -2.12. The minimum atomic E-state index is 0.820. The van der Waals surface area contributed by atoms with E-state index >= 15 is 0 Å². The fraction of sp³-hybridized carbons (Fsp3) is 0.714. The van der Waals surface area contributed by atoms with Crippen molar-refractivity contribution in [1.82, 2.24) is 0 Å². The molecule has 1 heterocycles. The Morgan fingerprint density at radius 1 is 1.20 bits per heavy atom. The minimum Gasteiger partial charge on any atom is -0.148 e. The maximum absolute atomic E-state index is 2.37. The molecule has 0 amide bonds. The van der Waals surface area contributed by atoms with E-state index in [1.54, 1.807) is 4.88 Å². The predicted octanol–water partition coefficient (Wildman–Crippen LogP) is 5.52. The molecule has 0 nitrogen and oxygen atoms in total. The van der Waals surface area contributed by atoms with Gasteiger partial charge >= 0.3 is 0 Å². The standard InChI is InChI=1S/C14H24S/c1-4-6-7-8-9-13(5-2)14-10-12(3)11-15-14/h10-11,13H,4-9H2,1-3H3. The Morgan fingerprint density at radius 2 is 2.00 bits per heavy atom. The maximum Gasteiger partial charge on any atom is 0.00788 e. The number of rotatable bonds is 7. The molecule has 0 bridgehead atoms. The van der Waals surface area contributed by atoms with E-state index in [0.29, 0.717) is 0 Å². The topological polar surface area (TPSA) is 0 Å². The van der Waals surface area contributed by atoms with Gasteiger partial charge in [0.05, 0.1) is 0 Å². The van der Waals surface area contributed by atoms with Gasteiger partial charge in [0.15, 0.2) is 0 Å². The van der Waals surface area contributed by atoms with Gasteiger partial charge in [-0.25, -0.2) is 0 Å². The molecule has 1 aromatic rings. The molecule has 1 heteroatoms. The van der Waals surface area contributed by atoms with Crippen LogP contribution < -0.4 is 0 Å². The van der Waals surface area contributed by atoms with Crippen LogP contribution in [0, 0.1) is 6.92 Å². The molecule has 1 unspecified atom stereocenters. The Kier molecular flexibility index (Phi) is 6.00. The van der Waals surface area contributed by atoms with Crippen LogP contribution in [0.1, 0.15) is 68.7 Å². The molecule has 1 rings (SSSR count). The van der Waals surface area contributed by atoms with Gasteiger partial charge in [-0.2, -0.15) is 0 Å². The Balaban J connectivity index is 2.35. The highest BCUT2D eigenvalue weighted by molar-refractivity contribution is 7.10. The van der Waals surface area contributed by atoms with Crippen molar-refractivity contribution in [2.45, 2.75) is 65.2 Å². The summed E-state index contributed by atoms with van der Waals surface area (Å²) in [5.74, 6) is 0.820. The number of thiophene rings is 1. The lowest BCUT2D eigenvalue weighted by molar-refractivity contribution is 0.548. The first kappa shape index (κ1) is 12.8. The SMILES string of the molecule is CCCCCCC(CC)c1cc(C)cs1. The zero-order valence-corrected chi connectivity index (χ0v) is 11.2. The normalized spacial score (nSPS) is 13.0. The van der Waals surface area contributed by atoms with Crippen LogP contribution in [0.2, 0.25) is 0 Å². The van der Waals surface area contributed by atoms with E-state index in [-0.39, 0.29) is 0 Å². The third-order valence-electron chi connectivity index (χ3n) is 3.05. The van der Waals surface area contributed by atoms with Gasteiger partial charge in [0.25, 0.3) is 0 Å². The van der Waals surface area contributed by atoms with E-state index in [1.807, 2.05) is 11.3 Å². The average molecular weight is 224 g/mol. The predicted molar refractivity (Wildman–Crippen MR) is 70.8 cm³/mol. The molecule has 1 aromatic heterocycles. The smallest absolute Gasteiger partial charge is 0.00788 e. The number of unbranched alkanes of at least 4 members (excludes halogenated alkanes) is 3. The van der Waals surface area contributed by atoms with E-state index in [9.17, 15) is 0 Å². The number of hydrogen-bond donors (Lipinski definition) is 0. The van der Waals surface area contributed by atoms with Crippen molar-refractivity contribution in [3.8, 4) is 0 Å². The van der Waals surface area contributed by atoms with Crippen LogP contribution in [-0.2, 0) is 0 Å². The summed E-state index contributed by atoms with van der Waals surface area (Å²) in [7, 11) is 0. The quantitative estimate of drug-likeness (QED) is 0.535. The Hall–Kier alpha value is -0.300. The third kappa shape index (κ3) is 4.38. The molecule has 0 aliphatic carbocycles. The first-order valence-electron chi connectivity index (χ1n) is 6.33. The van der Waals surface area contributed by atoms with Crippen molar-refractivity contribution >= 4 is 11.3 Å². The fourth-order valence-electron chi connectivity index (χ4n) is 2.03. The monoisotopic (exact) mass is 224 g/mol. The van der Waals surface area contributed by atoms with Gasteiger partial charge in [0.1, 0.15) is 0 Å². The molecule has 0 fully saturated rings. The molecule has 0 N–H and O–H groups in total. The van der Waals surface area contributed by atoms with Crippen LogP contribution in [0.3, 0.4) is 0 Å². The van der Waals surface area contributed by atoms with Crippen molar-refractivity contribution < 1.29 is 0 Å². The molecule has 0 saturated heterocycles. The van der Waals surface area contributed by atoms with Gasteiger partial charge < -0.3 is 0 Å². The summed E-state index contributed by atoms with van der Waals surface area (Å²) >= 11 is 1.95. The highest BCUT2D eigenvalue weighted by atomic mass is 32.1. The molecule has 0 spiro atoms. The minimum absolute atomic E-state index is 0.820. The second-order valence-corrected chi connectivity index (χ2v) is 5.42. The third-order valence-corrected chi connectivity index (χ3v) is 4.27. The molecule has 1 atom stereocenters. The first-order chi connectivity index (χ1) is 7.27. The van der Waals surface area contributed by atoms with E-state index in [1.165, 1.54) is 44.1 Å². The summed E-state index contributed by atoms with van der Waals surface area (Å²) in [6.45, 7) is 6.79. The van der Waals surface area contributed by atoms with Crippen molar-refractivity contribution in [3.05, 3.63) is 21.9 Å². The molecule has 15 heavy (non-hydrogen) atoms. The van der Waals surface area contributed by atoms with E-state index in [4.69, 9.17) is 0 Å². The summed E-state index contributed by atoms with van der Waals surface area (Å²) in [5.41, 5.74) is 1.43.